The second-order valence-electron chi connectivity index (χ2n) is 16.5. The van der Waals surface area contributed by atoms with Gasteiger partial charge in [-0.2, -0.15) is 13.0 Å². The van der Waals surface area contributed by atoms with Gasteiger partial charge in [-0.1, -0.05) is 36.8 Å². The Hall–Kier alpha value is -4.14. The molecule has 2 unspecified atom stereocenters. The Morgan fingerprint density at radius 3 is 1.96 bits per heavy atom. The maximum absolute atomic E-state index is 12.2. The summed E-state index contributed by atoms with van der Waals surface area (Å²) >= 11 is 0. The van der Waals surface area contributed by atoms with Gasteiger partial charge in [0.1, 0.15) is 26.8 Å². The van der Waals surface area contributed by atoms with Crippen LogP contribution in [0, 0.1) is 0 Å². The van der Waals surface area contributed by atoms with E-state index in [0.29, 0.717) is 80.3 Å². The van der Waals surface area contributed by atoms with Crippen molar-refractivity contribution in [1.82, 2.24) is 0 Å². The number of aliphatic carboxylic acids is 1. The molecule has 0 saturated heterocycles. The third-order valence-corrected chi connectivity index (χ3v) is 14.9. The number of methoxy groups -OCH3 is 1. The molecule has 0 fully saturated rings. The highest BCUT2D eigenvalue weighted by atomic mass is 32.2. The Kier molecular flexibility index (Phi) is 19.8. The average molecular weight is 1020 g/mol. The standard InChI is InChI=1S/C44H60N2O17S4/c1-43(21-12-30-64(49,50)51)36-32-34(66(55,56)57)17-19-38(36)46(24-13-31-65(52,53)54)40(43)14-8-5-4-6-9-15-41-44(2,22-25-62-28-29-63-27-26-61-3)37-33-35(67(58,59)60)18-20-39(37)45(41)23-11-7-10-16-42(47)48/h4-6,8-9,14-15,17-20,32-33H,7,10-13,16,21-31H2,1-3H3,(H4-,47,48,49,50,51,52,53,54,55,56,57,58,59,60)/p-2. The van der Waals surface area contributed by atoms with Gasteiger partial charge in [-0.25, -0.2) is 25.3 Å². The van der Waals surface area contributed by atoms with Crippen molar-refractivity contribution in [2.75, 3.05) is 69.6 Å². The van der Waals surface area contributed by atoms with Gasteiger partial charge in [0.15, 0.2) is 5.71 Å². The molecule has 4 rings (SSSR count). The van der Waals surface area contributed by atoms with Crippen LogP contribution >= 0.6 is 0 Å². The summed E-state index contributed by atoms with van der Waals surface area (Å²) < 4.78 is 158. The Bertz CT molecular complexity index is 2690. The van der Waals surface area contributed by atoms with Gasteiger partial charge in [0.05, 0.1) is 57.5 Å². The van der Waals surface area contributed by atoms with E-state index in [4.69, 9.17) is 19.3 Å². The fraction of sp³-hybridized carbons (Fsp3) is 0.500. The summed E-state index contributed by atoms with van der Waals surface area (Å²) in [4.78, 5) is 12.3. The molecule has 0 bridgehead atoms. The van der Waals surface area contributed by atoms with Crippen molar-refractivity contribution in [3.8, 4) is 0 Å². The third-order valence-electron chi connectivity index (χ3n) is 11.6. The second-order valence-corrected chi connectivity index (χ2v) is 22.3. The number of carboxylic acid groups (broad SMARTS) is 1. The molecule has 0 saturated carbocycles. The van der Waals surface area contributed by atoms with Crippen LogP contribution in [0.2, 0.25) is 0 Å². The van der Waals surface area contributed by atoms with Crippen molar-refractivity contribution in [3.05, 3.63) is 95.8 Å². The van der Waals surface area contributed by atoms with Crippen LogP contribution in [0.25, 0.3) is 0 Å². The van der Waals surface area contributed by atoms with E-state index < -0.39 is 73.7 Å². The fourth-order valence-electron chi connectivity index (χ4n) is 8.34. The molecule has 0 radical (unpaired) electrons. The largest absolute Gasteiger partial charge is 0.748 e. The maximum Gasteiger partial charge on any atom is 0.303 e. The predicted molar refractivity (Wildman–Crippen MR) is 245 cm³/mol. The van der Waals surface area contributed by atoms with Gasteiger partial charge in [0.2, 0.25) is 5.69 Å². The number of fused-ring (bicyclic) bond motifs is 2. The minimum Gasteiger partial charge on any atom is -0.748 e. The summed E-state index contributed by atoms with van der Waals surface area (Å²) in [6, 6.07) is 7.93. The van der Waals surface area contributed by atoms with E-state index in [1.54, 1.807) is 61.1 Å². The van der Waals surface area contributed by atoms with E-state index in [9.17, 15) is 56.7 Å². The molecule has 0 aliphatic carbocycles. The molecular formula is C44H58N2O17S4-2. The minimum absolute atomic E-state index is 0.00764. The predicted octanol–water partition coefficient (Wildman–Crippen LogP) is 4.50. The zero-order chi connectivity index (χ0) is 49.7. The van der Waals surface area contributed by atoms with Crippen LogP contribution in [0.15, 0.2) is 94.4 Å². The highest BCUT2D eigenvalue weighted by Gasteiger charge is 2.48. The highest BCUT2D eigenvalue weighted by Crippen LogP contribution is 2.51. The number of allylic oxidation sites excluding steroid dienone is 8. The molecule has 2 heterocycles. The summed E-state index contributed by atoms with van der Waals surface area (Å²) in [5.41, 5.74) is 1.22. The van der Waals surface area contributed by atoms with E-state index in [1.807, 2.05) is 17.9 Å². The number of benzene rings is 2. The van der Waals surface area contributed by atoms with E-state index in [2.05, 4.69) is 0 Å². The van der Waals surface area contributed by atoms with Gasteiger partial charge in [0, 0.05) is 73.4 Å². The number of carbonyl (C=O) groups is 1. The van der Waals surface area contributed by atoms with Crippen LogP contribution < -0.4 is 4.90 Å². The number of unbranched alkanes of at least 4 members (excludes halogenated alkanes) is 2. The summed E-state index contributed by atoms with van der Waals surface area (Å²) in [5, 5.41) is 9.16. The van der Waals surface area contributed by atoms with Crippen LogP contribution in [0.5, 0.6) is 0 Å². The van der Waals surface area contributed by atoms with Gasteiger partial charge >= 0.3 is 5.97 Å². The molecule has 0 amide bonds. The number of nitrogens with zero attached hydrogens (tertiary/aromatic N) is 2. The monoisotopic (exact) mass is 1010 g/mol. The van der Waals surface area contributed by atoms with Gasteiger partial charge in [0.25, 0.3) is 10.1 Å². The van der Waals surface area contributed by atoms with Gasteiger partial charge in [-0.3, -0.25) is 9.35 Å². The molecule has 19 nitrogen and oxygen atoms in total. The van der Waals surface area contributed by atoms with Gasteiger partial charge in [-0.15, -0.1) is 0 Å². The summed E-state index contributed by atoms with van der Waals surface area (Å²) in [6.07, 6.45) is 13.8. The normalized spacial score (nSPS) is 19.7. The SMILES string of the molecule is COCCOCCOCCC1(C)C(=CC=CC=CC=CC2=[N+](CCCS(=O)(=O)O)c3ccc(S(=O)(=O)[O-])cc3C2(C)CCCS(=O)(=O)[O-])N(CCCCCC(=O)O)c2ccc(S(=O)(=O)[O-])cc21. The smallest absolute Gasteiger partial charge is 0.303 e. The Morgan fingerprint density at radius 1 is 0.716 bits per heavy atom. The van der Waals surface area contributed by atoms with Crippen LogP contribution in [0.1, 0.15) is 76.3 Å². The summed E-state index contributed by atoms with van der Waals surface area (Å²) in [5.74, 6) is -2.23. The van der Waals surface area contributed by atoms with E-state index in [0.717, 1.165) is 11.8 Å². The van der Waals surface area contributed by atoms with Crippen LogP contribution in [-0.2, 0) is 70.3 Å². The van der Waals surface area contributed by atoms with E-state index in [1.165, 1.54) is 24.3 Å². The molecule has 372 valence electrons. The third kappa shape index (κ3) is 16.0. The summed E-state index contributed by atoms with van der Waals surface area (Å²) in [7, 11) is -17.2. The minimum atomic E-state index is -4.93. The van der Waals surface area contributed by atoms with Gasteiger partial charge < -0.3 is 37.9 Å². The molecule has 2 aromatic carbocycles. The Labute approximate surface area is 393 Å². The summed E-state index contributed by atoms with van der Waals surface area (Å²) in [6.45, 7) is 5.73. The zero-order valence-corrected chi connectivity index (χ0v) is 40.8. The molecule has 2 atom stereocenters. The molecule has 2 aliphatic heterocycles. The molecule has 67 heavy (non-hydrogen) atoms. The van der Waals surface area contributed by atoms with Gasteiger partial charge in [-0.05, 0) is 87.9 Å². The molecule has 0 spiro atoms. The van der Waals surface area contributed by atoms with Crippen molar-refractivity contribution in [1.29, 1.82) is 0 Å². The number of hydrogen-bond acceptors (Lipinski definition) is 16. The van der Waals surface area contributed by atoms with Crippen molar-refractivity contribution < 1.29 is 80.6 Å². The van der Waals surface area contributed by atoms with Crippen molar-refractivity contribution in [3.63, 3.8) is 0 Å². The van der Waals surface area contributed by atoms with Crippen molar-refractivity contribution in [2.45, 2.75) is 85.8 Å². The lowest BCUT2D eigenvalue weighted by molar-refractivity contribution is -0.437. The van der Waals surface area contributed by atoms with Crippen molar-refractivity contribution >= 4 is 63.5 Å². The molecule has 2 aromatic rings. The van der Waals surface area contributed by atoms with Crippen molar-refractivity contribution in [2.24, 2.45) is 0 Å². The maximum atomic E-state index is 12.2. The molecule has 23 heteroatoms. The lowest BCUT2D eigenvalue weighted by Gasteiger charge is -2.30. The number of carboxylic acids is 1. The average Bonchev–Trinajstić information content (AvgIpc) is 3.59. The van der Waals surface area contributed by atoms with Crippen LogP contribution in [0.4, 0.5) is 11.4 Å². The van der Waals surface area contributed by atoms with E-state index in [-0.39, 0.29) is 50.3 Å². The fourth-order valence-corrected chi connectivity index (χ4v) is 10.3. The highest BCUT2D eigenvalue weighted by molar-refractivity contribution is 7.86. The first-order valence-electron chi connectivity index (χ1n) is 21.4. The first-order valence-corrected chi connectivity index (χ1v) is 27.4. The Balaban J connectivity index is 1.72. The quantitative estimate of drug-likeness (QED) is 0.0491. The number of rotatable bonds is 29. The molecule has 0 aromatic heterocycles. The lowest BCUT2D eigenvalue weighted by atomic mass is 9.76. The molecule has 2 aliphatic rings. The first-order chi connectivity index (χ1) is 31.3. The molecule has 2 N–H and O–H groups in total. The topological polar surface area (TPSA) is 297 Å². The zero-order valence-electron chi connectivity index (χ0n) is 37.6. The number of hydrogen-bond donors (Lipinski definition) is 2. The van der Waals surface area contributed by atoms with Crippen LogP contribution in [-0.4, -0.2) is 138 Å². The Morgan fingerprint density at radius 2 is 1.33 bits per heavy atom. The number of anilines is 1. The molecular weight excluding hydrogens is 957 g/mol. The first kappa shape index (κ1) is 55.5. The second kappa shape index (κ2) is 23.9. The number of ether oxygens (including phenoxy) is 3. The lowest BCUT2D eigenvalue weighted by Crippen LogP contribution is -2.32. The van der Waals surface area contributed by atoms with E-state index >= 15 is 0 Å². The van der Waals surface area contributed by atoms with Crippen LogP contribution in [0.3, 0.4) is 0 Å².